The summed E-state index contributed by atoms with van der Waals surface area (Å²) in [6, 6.07) is 7.65. The molecule has 6 nitrogen and oxygen atoms in total. The maximum atomic E-state index is 9.64. The summed E-state index contributed by atoms with van der Waals surface area (Å²) in [7, 11) is 3.19. The number of fused-ring (bicyclic) bond motifs is 2. The molecule has 21 heavy (non-hydrogen) atoms. The Bertz CT molecular complexity index is 476. The molecule has 0 spiro atoms. The van der Waals surface area contributed by atoms with E-state index in [-0.39, 0.29) is 18.8 Å². The van der Waals surface area contributed by atoms with Crippen LogP contribution in [0.25, 0.3) is 0 Å². The van der Waals surface area contributed by atoms with Crippen molar-refractivity contribution in [3.05, 3.63) is 29.8 Å². The summed E-state index contributed by atoms with van der Waals surface area (Å²) >= 11 is 0. The van der Waals surface area contributed by atoms with Gasteiger partial charge in [-0.3, -0.25) is 0 Å². The summed E-state index contributed by atoms with van der Waals surface area (Å²) in [4.78, 5) is 0. The molecule has 1 aromatic rings. The monoisotopic (exact) mass is 296 g/mol. The molecule has 2 aliphatic rings. The smallest absolute Gasteiger partial charge is 0.187 e. The lowest BCUT2D eigenvalue weighted by atomic mass is 10.0. The second-order valence-electron chi connectivity index (χ2n) is 5.30. The highest BCUT2D eigenvalue weighted by atomic mass is 16.8. The van der Waals surface area contributed by atoms with Crippen LogP contribution in [0.15, 0.2) is 24.3 Å². The summed E-state index contributed by atoms with van der Waals surface area (Å²) in [5.41, 5.74) is 0.196. The van der Waals surface area contributed by atoms with E-state index in [0.717, 1.165) is 11.3 Å². The average molecular weight is 296 g/mol. The number of benzene rings is 1. The van der Waals surface area contributed by atoms with E-state index < -0.39 is 11.9 Å². The molecule has 116 valence electrons. The van der Waals surface area contributed by atoms with Crippen molar-refractivity contribution < 1.29 is 28.8 Å². The lowest BCUT2D eigenvalue weighted by Crippen LogP contribution is -2.45. The van der Waals surface area contributed by atoms with Gasteiger partial charge in [0.05, 0.1) is 26.9 Å². The van der Waals surface area contributed by atoms with E-state index in [0.29, 0.717) is 13.2 Å². The number of aliphatic hydroxyl groups is 1. The molecule has 1 aromatic carbocycles. The van der Waals surface area contributed by atoms with Crippen LogP contribution in [0.5, 0.6) is 5.75 Å². The third kappa shape index (κ3) is 2.54. The molecule has 0 aromatic heterocycles. The molecule has 2 fully saturated rings. The molecule has 3 rings (SSSR count). The average Bonchev–Trinajstić information content (AvgIpc) is 3.05. The van der Waals surface area contributed by atoms with Crippen LogP contribution in [0, 0.1) is 0 Å². The Labute approximate surface area is 123 Å². The highest BCUT2D eigenvalue weighted by Crippen LogP contribution is 2.42. The van der Waals surface area contributed by atoms with Crippen molar-refractivity contribution in [2.75, 3.05) is 27.4 Å². The van der Waals surface area contributed by atoms with Gasteiger partial charge in [0.15, 0.2) is 6.29 Å². The molecule has 4 atom stereocenters. The van der Waals surface area contributed by atoms with Crippen molar-refractivity contribution in [2.45, 2.75) is 30.7 Å². The van der Waals surface area contributed by atoms with Crippen molar-refractivity contribution in [3.8, 4) is 5.75 Å². The van der Waals surface area contributed by atoms with Crippen LogP contribution in [0.3, 0.4) is 0 Å². The van der Waals surface area contributed by atoms with Gasteiger partial charge < -0.3 is 28.8 Å². The molecule has 0 amide bonds. The molecule has 1 N–H and O–H groups in total. The molecule has 2 heterocycles. The second-order valence-corrected chi connectivity index (χ2v) is 5.30. The van der Waals surface area contributed by atoms with Gasteiger partial charge in [0.25, 0.3) is 0 Å². The highest BCUT2D eigenvalue weighted by Gasteiger charge is 2.62. The number of rotatable bonds is 6. The molecule has 6 heteroatoms. The van der Waals surface area contributed by atoms with Crippen LogP contribution < -0.4 is 4.74 Å². The number of ether oxygens (including phenoxy) is 5. The Morgan fingerprint density at radius 3 is 2.67 bits per heavy atom. The van der Waals surface area contributed by atoms with Crippen LogP contribution in [0.4, 0.5) is 0 Å². The zero-order valence-electron chi connectivity index (χ0n) is 12.2. The van der Waals surface area contributed by atoms with Gasteiger partial charge in [-0.2, -0.15) is 0 Å². The van der Waals surface area contributed by atoms with Crippen molar-refractivity contribution in [2.24, 2.45) is 0 Å². The first-order chi connectivity index (χ1) is 10.2. The molecular formula is C15H20O6. The van der Waals surface area contributed by atoms with E-state index in [1.165, 1.54) is 0 Å². The lowest BCUT2D eigenvalue weighted by molar-refractivity contribution is -0.242. The summed E-state index contributed by atoms with van der Waals surface area (Å²) in [5.74, 6) is 0.803. The minimum Gasteiger partial charge on any atom is -0.497 e. The van der Waals surface area contributed by atoms with Crippen LogP contribution >= 0.6 is 0 Å². The fraction of sp³-hybridized carbons (Fsp3) is 0.600. The Kier molecular flexibility index (Phi) is 4.14. The SMILES string of the molecule is COc1ccc(CO[C@H]2[C@H]3OC[C@]2(CO)O[C@H]3OC)cc1. The third-order valence-corrected chi connectivity index (χ3v) is 4.04. The minimum absolute atomic E-state index is 0.156. The van der Waals surface area contributed by atoms with Crippen LogP contribution in [-0.4, -0.2) is 56.6 Å². The van der Waals surface area contributed by atoms with Gasteiger partial charge in [-0.1, -0.05) is 12.1 Å². The number of methoxy groups -OCH3 is 2. The van der Waals surface area contributed by atoms with Crippen LogP contribution in [0.2, 0.25) is 0 Å². The Morgan fingerprint density at radius 1 is 1.29 bits per heavy atom. The largest absolute Gasteiger partial charge is 0.497 e. The second kappa shape index (κ2) is 5.90. The Balaban J connectivity index is 1.66. The molecule has 0 radical (unpaired) electrons. The Hall–Kier alpha value is -1.18. The summed E-state index contributed by atoms with van der Waals surface area (Å²) < 4.78 is 27.7. The molecule has 2 aliphatic heterocycles. The maximum absolute atomic E-state index is 9.64. The topological polar surface area (TPSA) is 66.4 Å². The molecule has 0 aliphatic carbocycles. The first-order valence-corrected chi connectivity index (χ1v) is 6.90. The number of hydrogen-bond donors (Lipinski definition) is 1. The van der Waals surface area contributed by atoms with E-state index in [1.807, 2.05) is 24.3 Å². The summed E-state index contributed by atoms with van der Waals surface area (Å²) in [6.07, 6.45) is -1.14. The van der Waals surface area contributed by atoms with E-state index >= 15 is 0 Å². The van der Waals surface area contributed by atoms with Crippen molar-refractivity contribution >= 4 is 0 Å². The van der Waals surface area contributed by atoms with Gasteiger partial charge in [-0.05, 0) is 17.7 Å². The van der Waals surface area contributed by atoms with Gasteiger partial charge >= 0.3 is 0 Å². The van der Waals surface area contributed by atoms with E-state index in [1.54, 1.807) is 14.2 Å². The molecule has 2 bridgehead atoms. The first kappa shape index (κ1) is 14.7. The Morgan fingerprint density at radius 2 is 2.05 bits per heavy atom. The van der Waals surface area contributed by atoms with E-state index in [2.05, 4.69) is 0 Å². The maximum Gasteiger partial charge on any atom is 0.187 e. The van der Waals surface area contributed by atoms with Gasteiger partial charge in [0.1, 0.15) is 23.6 Å². The van der Waals surface area contributed by atoms with Crippen molar-refractivity contribution in [3.63, 3.8) is 0 Å². The van der Waals surface area contributed by atoms with Crippen molar-refractivity contribution in [1.29, 1.82) is 0 Å². The zero-order valence-corrected chi connectivity index (χ0v) is 12.2. The summed E-state index contributed by atoms with van der Waals surface area (Å²) in [5, 5.41) is 9.64. The zero-order chi connectivity index (χ0) is 14.9. The van der Waals surface area contributed by atoms with E-state index in [9.17, 15) is 5.11 Å². The van der Waals surface area contributed by atoms with Gasteiger partial charge in [0, 0.05) is 7.11 Å². The lowest BCUT2D eigenvalue weighted by Gasteiger charge is -2.28. The highest BCUT2D eigenvalue weighted by molar-refractivity contribution is 5.26. The quantitative estimate of drug-likeness (QED) is 0.834. The van der Waals surface area contributed by atoms with Crippen LogP contribution in [0.1, 0.15) is 5.56 Å². The molecule has 2 saturated heterocycles. The van der Waals surface area contributed by atoms with Crippen LogP contribution in [-0.2, 0) is 25.6 Å². The first-order valence-electron chi connectivity index (χ1n) is 6.90. The number of hydrogen-bond acceptors (Lipinski definition) is 6. The van der Waals surface area contributed by atoms with Gasteiger partial charge in [-0.15, -0.1) is 0 Å². The fourth-order valence-electron chi connectivity index (χ4n) is 2.84. The normalized spacial score (nSPS) is 34.3. The summed E-state index contributed by atoms with van der Waals surface area (Å²) in [6.45, 7) is 0.577. The fourth-order valence-corrected chi connectivity index (χ4v) is 2.84. The molecule has 0 unspecified atom stereocenters. The van der Waals surface area contributed by atoms with Crippen molar-refractivity contribution in [1.82, 2.24) is 0 Å². The number of aliphatic hydroxyl groups excluding tert-OH is 1. The predicted octanol–water partition coefficient (Wildman–Crippen LogP) is 0.713. The molecular weight excluding hydrogens is 276 g/mol. The third-order valence-electron chi connectivity index (χ3n) is 4.04. The molecule has 0 saturated carbocycles. The minimum atomic E-state index is -0.822. The van der Waals surface area contributed by atoms with Gasteiger partial charge in [0.2, 0.25) is 0 Å². The van der Waals surface area contributed by atoms with Gasteiger partial charge in [-0.25, -0.2) is 0 Å². The van der Waals surface area contributed by atoms with E-state index in [4.69, 9.17) is 23.7 Å². The predicted molar refractivity (Wildman–Crippen MR) is 73.0 cm³/mol. The standard InChI is InChI=1S/C15H20O6/c1-17-11-5-3-10(4-6-11)7-19-13-12-14(18-2)21-15(13,8-16)9-20-12/h3-6,12-14,16H,7-9H2,1-2H3/t12-,13+,14-,15+/m1/s1.